The molecule has 0 aromatic carbocycles. The summed E-state index contributed by atoms with van der Waals surface area (Å²) in [6, 6.07) is 0. The second-order valence-corrected chi connectivity index (χ2v) is 4.27. The number of piperidine rings is 1. The van der Waals surface area contributed by atoms with E-state index in [-0.39, 0.29) is 6.42 Å². The van der Waals surface area contributed by atoms with Gasteiger partial charge in [0, 0.05) is 12.5 Å². The number of alkyl halides is 3. The summed E-state index contributed by atoms with van der Waals surface area (Å²) >= 11 is 2.23. The fraction of sp³-hybridized carbons (Fsp3) is 1.00. The minimum Gasteiger partial charge on any atom is -0.382 e. The van der Waals surface area contributed by atoms with E-state index >= 15 is 0 Å². The van der Waals surface area contributed by atoms with E-state index in [0.717, 1.165) is 0 Å². The number of hydrogen-bond donors (Lipinski definition) is 2. The van der Waals surface area contributed by atoms with E-state index in [1.165, 1.54) is 0 Å². The highest BCUT2D eigenvalue weighted by atomic mass is 79.9. The van der Waals surface area contributed by atoms with Gasteiger partial charge in [-0.1, -0.05) is 6.92 Å². The predicted molar refractivity (Wildman–Crippen MR) is 45.5 cm³/mol. The van der Waals surface area contributed by atoms with Crippen LogP contribution in [0.5, 0.6) is 0 Å². The third-order valence-corrected chi connectivity index (χ3v) is 3.13. The third kappa shape index (κ3) is 1.63. The highest BCUT2D eigenvalue weighted by molar-refractivity contribution is 9.10. The molecule has 1 heterocycles. The molecule has 5 heteroatoms. The molecule has 72 valence electrons. The average Bonchev–Trinajstić information content (AvgIpc) is 1.93. The van der Waals surface area contributed by atoms with E-state index in [1.54, 1.807) is 6.92 Å². The van der Waals surface area contributed by atoms with Gasteiger partial charge in [-0.15, -0.1) is 0 Å². The van der Waals surface area contributed by atoms with Gasteiger partial charge in [0.15, 0.2) is 0 Å². The lowest BCUT2D eigenvalue weighted by atomic mass is 9.83. The Bertz CT molecular complexity index is 173. The fourth-order valence-corrected chi connectivity index (χ4v) is 2.02. The van der Waals surface area contributed by atoms with Gasteiger partial charge in [-0.05, 0) is 28.9 Å². The molecule has 0 radical (unpaired) electrons. The SMILES string of the molecule is CC1CNCCC1(O)C(F)(F)Br. The van der Waals surface area contributed by atoms with E-state index in [2.05, 4.69) is 21.2 Å². The number of halogens is 3. The topological polar surface area (TPSA) is 32.3 Å². The van der Waals surface area contributed by atoms with Crippen LogP contribution in [-0.4, -0.2) is 28.6 Å². The first kappa shape index (κ1) is 10.3. The Balaban J connectivity index is 2.79. The Morgan fingerprint density at radius 1 is 1.67 bits per heavy atom. The van der Waals surface area contributed by atoms with Gasteiger partial charge in [-0.25, -0.2) is 0 Å². The van der Waals surface area contributed by atoms with Crippen molar-refractivity contribution in [2.45, 2.75) is 23.8 Å². The highest BCUT2D eigenvalue weighted by Crippen LogP contribution is 2.43. The molecule has 0 amide bonds. The van der Waals surface area contributed by atoms with E-state index < -0.39 is 16.4 Å². The predicted octanol–water partition coefficient (Wildman–Crippen LogP) is 1.33. The van der Waals surface area contributed by atoms with Crippen molar-refractivity contribution in [2.75, 3.05) is 13.1 Å². The van der Waals surface area contributed by atoms with Crippen molar-refractivity contribution in [2.24, 2.45) is 5.92 Å². The van der Waals surface area contributed by atoms with Crippen LogP contribution in [0.2, 0.25) is 0 Å². The first-order valence-corrected chi connectivity index (χ1v) is 4.67. The van der Waals surface area contributed by atoms with Crippen LogP contribution in [0.25, 0.3) is 0 Å². The van der Waals surface area contributed by atoms with Crippen molar-refractivity contribution in [3.05, 3.63) is 0 Å². The Labute approximate surface area is 78.5 Å². The molecule has 0 aliphatic carbocycles. The van der Waals surface area contributed by atoms with Gasteiger partial charge in [0.25, 0.3) is 0 Å². The number of nitrogens with one attached hydrogen (secondary N) is 1. The van der Waals surface area contributed by atoms with Crippen LogP contribution in [0, 0.1) is 5.92 Å². The number of rotatable bonds is 1. The maximum absolute atomic E-state index is 12.9. The van der Waals surface area contributed by atoms with Gasteiger partial charge in [0.05, 0.1) is 0 Å². The van der Waals surface area contributed by atoms with Crippen molar-refractivity contribution in [3.8, 4) is 0 Å². The van der Waals surface area contributed by atoms with Crippen molar-refractivity contribution in [1.82, 2.24) is 5.32 Å². The van der Waals surface area contributed by atoms with Crippen molar-refractivity contribution in [3.63, 3.8) is 0 Å². The fourth-order valence-electron chi connectivity index (χ4n) is 1.43. The Hall–Kier alpha value is 0.260. The average molecular weight is 244 g/mol. The van der Waals surface area contributed by atoms with Gasteiger partial charge in [-0.2, -0.15) is 8.78 Å². The third-order valence-electron chi connectivity index (χ3n) is 2.44. The lowest BCUT2D eigenvalue weighted by Crippen LogP contribution is -2.57. The molecule has 12 heavy (non-hydrogen) atoms. The number of hydrogen-bond acceptors (Lipinski definition) is 2. The molecule has 1 aliphatic rings. The van der Waals surface area contributed by atoms with Crippen molar-refractivity contribution in [1.29, 1.82) is 0 Å². The van der Waals surface area contributed by atoms with Gasteiger partial charge in [0.2, 0.25) is 0 Å². The zero-order valence-corrected chi connectivity index (χ0v) is 8.37. The second-order valence-electron chi connectivity index (χ2n) is 3.28. The quantitative estimate of drug-likeness (QED) is 0.682. The summed E-state index contributed by atoms with van der Waals surface area (Å²) in [5.74, 6) is -0.444. The van der Waals surface area contributed by atoms with E-state index in [1.807, 2.05) is 0 Å². The lowest BCUT2D eigenvalue weighted by Gasteiger charge is -2.41. The summed E-state index contributed by atoms with van der Waals surface area (Å²) in [5.41, 5.74) is -1.90. The maximum atomic E-state index is 12.9. The van der Waals surface area contributed by atoms with Crippen LogP contribution in [-0.2, 0) is 0 Å². The molecular formula is C7H12BrF2NO. The summed E-state index contributed by atoms with van der Waals surface area (Å²) in [5, 5.41) is 12.6. The van der Waals surface area contributed by atoms with E-state index in [9.17, 15) is 13.9 Å². The summed E-state index contributed by atoms with van der Waals surface area (Å²) in [7, 11) is 0. The normalized spacial score (nSPS) is 38.2. The molecule has 1 saturated heterocycles. The minimum absolute atomic E-state index is 0.0758. The first-order valence-electron chi connectivity index (χ1n) is 3.88. The highest BCUT2D eigenvalue weighted by Gasteiger charge is 2.54. The molecule has 2 N–H and O–H groups in total. The smallest absolute Gasteiger partial charge is 0.329 e. The number of aliphatic hydroxyl groups is 1. The minimum atomic E-state index is -3.19. The zero-order valence-electron chi connectivity index (χ0n) is 6.78. The largest absolute Gasteiger partial charge is 0.382 e. The summed E-state index contributed by atoms with van der Waals surface area (Å²) < 4.78 is 25.8. The van der Waals surface area contributed by atoms with Crippen LogP contribution < -0.4 is 5.32 Å². The molecule has 2 nitrogen and oxygen atoms in total. The Morgan fingerprint density at radius 3 is 2.58 bits per heavy atom. The van der Waals surface area contributed by atoms with Crippen LogP contribution in [0.3, 0.4) is 0 Å². The van der Waals surface area contributed by atoms with Crippen molar-refractivity contribution >= 4 is 15.9 Å². The maximum Gasteiger partial charge on any atom is 0.329 e. The molecule has 1 rings (SSSR count). The Kier molecular flexibility index (Phi) is 2.75. The second kappa shape index (κ2) is 3.20. The van der Waals surface area contributed by atoms with Crippen LogP contribution >= 0.6 is 15.9 Å². The van der Waals surface area contributed by atoms with Crippen LogP contribution in [0.1, 0.15) is 13.3 Å². The molecule has 0 spiro atoms. The summed E-state index contributed by atoms with van der Waals surface area (Å²) in [6.07, 6.45) is 0.0758. The molecule has 0 bridgehead atoms. The molecular weight excluding hydrogens is 232 g/mol. The molecule has 0 aromatic heterocycles. The molecule has 2 unspecified atom stereocenters. The zero-order chi connectivity index (χ0) is 9.41. The molecule has 2 atom stereocenters. The van der Waals surface area contributed by atoms with Crippen molar-refractivity contribution < 1.29 is 13.9 Å². The monoisotopic (exact) mass is 243 g/mol. The van der Waals surface area contributed by atoms with Crippen LogP contribution in [0.4, 0.5) is 8.78 Å². The Morgan fingerprint density at radius 2 is 2.25 bits per heavy atom. The van der Waals surface area contributed by atoms with Gasteiger partial charge >= 0.3 is 4.83 Å². The first-order chi connectivity index (χ1) is 5.38. The van der Waals surface area contributed by atoms with E-state index in [0.29, 0.717) is 13.1 Å². The summed E-state index contributed by atoms with van der Waals surface area (Å²) in [4.78, 5) is -3.19. The van der Waals surface area contributed by atoms with Gasteiger partial charge in [-0.3, -0.25) is 0 Å². The van der Waals surface area contributed by atoms with E-state index in [4.69, 9.17) is 0 Å². The molecule has 0 aromatic rings. The molecule has 1 fully saturated rings. The standard InChI is InChI=1S/C7H12BrF2NO/c1-5-4-11-3-2-6(5,12)7(8,9)10/h5,11-12H,2-4H2,1H3. The van der Waals surface area contributed by atoms with Gasteiger partial charge in [0.1, 0.15) is 5.60 Å². The molecule has 0 saturated carbocycles. The summed E-state index contributed by atoms with van der Waals surface area (Å²) in [6.45, 7) is 2.47. The van der Waals surface area contributed by atoms with Crippen LogP contribution in [0.15, 0.2) is 0 Å². The van der Waals surface area contributed by atoms with Gasteiger partial charge < -0.3 is 10.4 Å². The molecule has 1 aliphatic heterocycles. The lowest BCUT2D eigenvalue weighted by molar-refractivity contribution is -0.157.